The zero-order valence-electron chi connectivity index (χ0n) is 14.5. The molecule has 1 saturated carbocycles. The molecule has 3 nitrogen and oxygen atoms in total. The van der Waals surface area contributed by atoms with Gasteiger partial charge in [-0.1, -0.05) is 31.1 Å². The molecule has 0 aromatic carbocycles. The van der Waals surface area contributed by atoms with E-state index in [0.717, 1.165) is 12.8 Å². The molecule has 0 aromatic rings. The second kappa shape index (κ2) is 5.67. The van der Waals surface area contributed by atoms with Crippen LogP contribution in [0, 0.1) is 34.5 Å². The Morgan fingerprint density at radius 2 is 2.22 bits per heavy atom. The van der Waals surface area contributed by atoms with Crippen LogP contribution in [0.15, 0.2) is 24.8 Å². The molecule has 2 rings (SSSR count). The van der Waals surface area contributed by atoms with E-state index < -0.39 is 22.3 Å². The van der Waals surface area contributed by atoms with E-state index in [4.69, 9.17) is 11.2 Å². The number of ether oxygens (including phenoxy) is 1. The number of fused-ring (bicyclic) bond motifs is 1. The molecule has 1 fully saturated rings. The Balaban J connectivity index is 2.53. The molecule has 0 amide bonds. The number of terminal acetylenes is 1. The number of hydrogen-bond donors (Lipinski definition) is 0. The van der Waals surface area contributed by atoms with Gasteiger partial charge in [-0.25, -0.2) is 0 Å². The zero-order chi connectivity index (χ0) is 17.5. The number of carbonyl (C=O) groups excluding carboxylic acids is 2. The Hall–Kier alpha value is -1.82. The van der Waals surface area contributed by atoms with E-state index in [1.165, 1.54) is 0 Å². The average molecular weight is 314 g/mol. The van der Waals surface area contributed by atoms with E-state index in [2.05, 4.69) is 12.5 Å². The fraction of sp³-hybridized carbons (Fsp3) is 0.600. The SMILES string of the molecule is C#C[C@H](OC(=O)C(C)(C)C)[C@@]12C=CCC[C@@]1(C)C(=O)C[C@@H]2C=C. The van der Waals surface area contributed by atoms with Gasteiger partial charge in [0.1, 0.15) is 5.78 Å². The van der Waals surface area contributed by atoms with Crippen molar-refractivity contribution < 1.29 is 14.3 Å². The van der Waals surface area contributed by atoms with Crippen LogP contribution in [0.25, 0.3) is 0 Å². The highest BCUT2D eigenvalue weighted by molar-refractivity contribution is 5.90. The van der Waals surface area contributed by atoms with Gasteiger partial charge in [-0.2, -0.15) is 0 Å². The minimum atomic E-state index is -0.773. The third-order valence-corrected chi connectivity index (χ3v) is 5.50. The van der Waals surface area contributed by atoms with Gasteiger partial charge in [-0.15, -0.1) is 13.0 Å². The van der Waals surface area contributed by atoms with Crippen LogP contribution in [0.1, 0.15) is 47.0 Å². The summed E-state index contributed by atoms with van der Waals surface area (Å²) in [6.45, 7) is 11.2. The third-order valence-electron chi connectivity index (χ3n) is 5.50. The van der Waals surface area contributed by atoms with Gasteiger partial charge < -0.3 is 4.74 Å². The molecule has 3 heteroatoms. The first-order chi connectivity index (χ1) is 10.6. The number of hydrogen-bond acceptors (Lipinski definition) is 3. The quantitative estimate of drug-likeness (QED) is 0.453. The number of ketones is 1. The number of allylic oxidation sites excluding steroid dienone is 2. The predicted molar refractivity (Wildman–Crippen MR) is 90.4 cm³/mol. The molecular formula is C20H26O3. The van der Waals surface area contributed by atoms with Crippen molar-refractivity contribution in [3.63, 3.8) is 0 Å². The minimum Gasteiger partial charge on any atom is -0.448 e. The fourth-order valence-corrected chi connectivity index (χ4v) is 3.96. The lowest BCUT2D eigenvalue weighted by Crippen LogP contribution is -2.52. The maximum Gasteiger partial charge on any atom is 0.312 e. The molecular weight excluding hydrogens is 288 g/mol. The van der Waals surface area contributed by atoms with Gasteiger partial charge in [-0.05, 0) is 39.5 Å². The normalized spacial score (nSPS) is 34.4. The molecule has 124 valence electrons. The van der Waals surface area contributed by atoms with Gasteiger partial charge in [0, 0.05) is 11.8 Å². The standard InChI is InChI=1S/C20H26O3/c1-7-14-13-15(21)19(6)11-9-10-12-20(14,19)16(8-2)23-17(22)18(3,4)5/h2,7,10,12,14,16H,1,9,11,13H2,3-6H3/t14-,16-,19-,20-/m0/s1. The summed E-state index contributed by atoms with van der Waals surface area (Å²) < 4.78 is 5.73. The summed E-state index contributed by atoms with van der Waals surface area (Å²) in [5.74, 6) is 2.36. The van der Waals surface area contributed by atoms with Crippen LogP contribution in [-0.2, 0) is 14.3 Å². The van der Waals surface area contributed by atoms with Crippen molar-refractivity contribution in [2.24, 2.45) is 22.2 Å². The summed E-state index contributed by atoms with van der Waals surface area (Å²) in [7, 11) is 0. The summed E-state index contributed by atoms with van der Waals surface area (Å²) in [5, 5.41) is 0. The first kappa shape index (κ1) is 17.5. The second-order valence-corrected chi connectivity index (χ2v) is 7.88. The second-order valence-electron chi connectivity index (χ2n) is 7.88. The number of carbonyl (C=O) groups is 2. The Morgan fingerprint density at radius 3 is 2.74 bits per heavy atom. The maximum absolute atomic E-state index is 12.7. The predicted octanol–water partition coefficient (Wildman–Crippen LogP) is 3.70. The van der Waals surface area contributed by atoms with Crippen LogP contribution in [0.3, 0.4) is 0 Å². The number of esters is 1. The van der Waals surface area contributed by atoms with E-state index in [1.807, 2.05) is 19.1 Å². The molecule has 0 saturated heterocycles. The summed E-state index contributed by atoms with van der Waals surface area (Å²) in [5.41, 5.74) is -1.96. The lowest BCUT2D eigenvalue weighted by Gasteiger charge is -2.48. The van der Waals surface area contributed by atoms with Gasteiger partial charge in [0.25, 0.3) is 0 Å². The van der Waals surface area contributed by atoms with Crippen LogP contribution in [0.2, 0.25) is 0 Å². The lowest BCUT2D eigenvalue weighted by molar-refractivity contribution is -0.166. The van der Waals surface area contributed by atoms with Crippen molar-refractivity contribution in [2.75, 3.05) is 0 Å². The number of rotatable bonds is 3. The molecule has 0 bridgehead atoms. The van der Waals surface area contributed by atoms with E-state index in [1.54, 1.807) is 26.8 Å². The van der Waals surface area contributed by atoms with Crippen LogP contribution < -0.4 is 0 Å². The summed E-state index contributed by atoms with van der Waals surface area (Å²) >= 11 is 0. The molecule has 2 aliphatic carbocycles. The average Bonchev–Trinajstić information content (AvgIpc) is 2.72. The van der Waals surface area contributed by atoms with Gasteiger partial charge in [-0.3, -0.25) is 9.59 Å². The highest BCUT2D eigenvalue weighted by Crippen LogP contribution is 2.62. The monoisotopic (exact) mass is 314 g/mol. The highest BCUT2D eigenvalue weighted by atomic mass is 16.5. The first-order valence-corrected chi connectivity index (χ1v) is 8.14. The molecule has 4 atom stereocenters. The van der Waals surface area contributed by atoms with Crippen LogP contribution in [0.4, 0.5) is 0 Å². The van der Waals surface area contributed by atoms with Crippen molar-refractivity contribution in [3.05, 3.63) is 24.8 Å². The Labute approximate surface area is 139 Å². The number of Topliss-reactive ketones (excluding diaryl/α,β-unsaturated/α-hetero) is 1. The first-order valence-electron chi connectivity index (χ1n) is 8.14. The highest BCUT2D eigenvalue weighted by Gasteiger charge is 2.65. The van der Waals surface area contributed by atoms with E-state index in [-0.39, 0.29) is 17.7 Å². The topological polar surface area (TPSA) is 43.4 Å². The molecule has 0 aromatic heterocycles. The van der Waals surface area contributed by atoms with Crippen molar-refractivity contribution in [1.29, 1.82) is 0 Å². The van der Waals surface area contributed by atoms with Crippen LogP contribution in [-0.4, -0.2) is 17.9 Å². The van der Waals surface area contributed by atoms with Crippen molar-refractivity contribution >= 4 is 11.8 Å². The van der Waals surface area contributed by atoms with Crippen LogP contribution >= 0.6 is 0 Å². The molecule has 0 N–H and O–H groups in total. The Morgan fingerprint density at radius 1 is 1.57 bits per heavy atom. The van der Waals surface area contributed by atoms with E-state index >= 15 is 0 Å². The van der Waals surface area contributed by atoms with Crippen molar-refractivity contribution in [3.8, 4) is 12.3 Å². The molecule has 2 aliphatic rings. The Bertz CT molecular complexity index is 601. The maximum atomic E-state index is 12.7. The molecule has 0 heterocycles. The molecule has 23 heavy (non-hydrogen) atoms. The molecule has 0 aliphatic heterocycles. The fourth-order valence-electron chi connectivity index (χ4n) is 3.96. The van der Waals surface area contributed by atoms with Gasteiger partial charge in [0.15, 0.2) is 6.10 Å². The smallest absolute Gasteiger partial charge is 0.312 e. The minimum absolute atomic E-state index is 0.120. The summed E-state index contributed by atoms with van der Waals surface area (Å²) in [6, 6.07) is 0. The zero-order valence-corrected chi connectivity index (χ0v) is 14.5. The Kier molecular flexibility index (Phi) is 4.32. The summed E-state index contributed by atoms with van der Waals surface area (Å²) in [6.07, 6.45) is 12.8. The van der Waals surface area contributed by atoms with Gasteiger partial charge in [0.05, 0.1) is 10.8 Å². The summed E-state index contributed by atoms with van der Waals surface area (Å²) in [4.78, 5) is 25.1. The van der Waals surface area contributed by atoms with Gasteiger partial charge >= 0.3 is 5.97 Å². The molecule has 0 spiro atoms. The van der Waals surface area contributed by atoms with E-state index in [0.29, 0.717) is 6.42 Å². The lowest BCUT2D eigenvalue weighted by atomic mass is 9.56. The van der Waals surface area contributed by atoms with E-state index in [9.17, 15) is 9.59 Å². The largest absolute Gasteiger partial charge is 0.448 e. The van der Waals surface area contributed by atoms with Crippen molar-refractivity contribution in [1.82, 2.24) is 0 Å². The van der Waals surface area contributed by atoms with Crippen LogP contribution in [0.5, 0.6) is 0 Å². The third kappa shape index (κ3) is 2.45. The van der Waals surface area contributed by atoms with Gasteiger partial charge in [0.2, 0.25) is 0 Å². The molecule has 0 unspecified atom stereocenters. The molecule has 0 radical (unpaired) electrons. The van der Waals surface area contributed by atoms with Crippen molar-refractivity contribution in [2.45, 2.75) is 53.1 Å².